The third-order valence-electron chi connectivity index (χ3n) is 2.21. The van der Waals surface area contributed by atoms with Crippen LogP contribution in [-0.4, -0.2) is 18.6 Å². The molecule has 1 aromatic carbocycles. The number of carbonyl (C=O) groups is 1. The number of carbonyl (C=O) groups excluding carboxylic acids is 1. The van der Waals surface area contributed by atoms with E-state index in [1.807, 2.05) is 0 Å². The van der Waals surface area contributed by atoms with Crippen LogP contribution in [0.25, 0.3) is 0 Å². The third kappa shape index (κ3) is 3.11. The maximum absolute atomic E-state index is 11.4. The van der Waals surface area contributed by atoms with Crippen LogP contribution < -0.4 is 5.73 Å². The Morgan fingerprint density at radius 1 is 1.44 bits per heavy atom. The van der Waals surface area contributed by atoms with Gasteiger partial charge in [0.25, 0.3) is 0 Å². The lowest BCUT2D eigenvalue weighted by Gasteiger charge is -2.21. The Hall–Kier alpha value is -0.770. The molecule has 0 aliphatic rings. The summed E-state index contributed by atoms with van der Waals surface area (Å²) in [6.45, 7) is 1.61. The highest BCUT2D eigenvalue weighted by Gasteiger charge is 2.29. The monoisotopic (exact) mass is 261 g/mol. The summed E-state index contributed by atoms with van der Waals surface area (Å²) in [4.78, 5) is 11.4. The van der Waals surface area contributed by atoms with Gasteiger partial charge in [-0.2, -0.15) is 0 Å². The van der Waals surface area contributed by atoms with Gasteiger partial charge in [0.1, 0.15) is 5.54 Å². The van der Waals surface area contributed by atoms with Crippen LogP contribution in [0.2, 0.25) is 10.0 Å². The molecule has 5 heteroatoms. The quantitative estimate of drug-likeness (QED) is 0.851. The molecule has 0 aliphatic heterocycles. The van der Waals surface area contributed by atoms with Gasteiger partial charge < -0.3 is 10.5 Å². The van der Waals surface area contributed by atoms with Crippen molar-refractivity contribution in [1.29, 1.82) is 0 Å². The predicted octanol–water partition coefficient (Wildman–Crippen LogP) is 2.43. The zero-order chi connectivity index (χ0) is 12.3. The van der Waals surface area contributed by atoms with E-state index in [0.717, 1.165) is 5.56 Å². The average molecular weight is 262 g/mol. The first-order chi connectivity index (χ1) is 7.36. The summed E-state index contributed by atoms with van der Waals surface area (Å²) in [5.74, 6) is -0.460. The van der Waals surface area contributed by atoms with Crippen LogP contribution in [0.15, 0.2) is 18.2 Å². The van der Waals surface area contributed by atoms with Crippen molar-refractivity contribution in [3.8, 4) is 0 Å². The molecule has 0 unspecified atom stereocenters. The molecule has 1 rings (SSSR count). The first-order valence-corrected chi connectivity index (χ1v) is 5.43. The molecule has 0 spiro atoms. The summed E-state index contributed by atoms with van der Waals surface area (Å²) >= 11 is 11.7. The van der Waals surface area contributed by atoms with Crippen LogP contribution in [0.4, 0.5) is 0 Å². The summed E-state index contributed by atoms with van der Waals surface area (Å²) in [7, 11) is 1.31. The molecule has 1 atom stereocenters. The maximum atomic E-state index is 11.4. The second-order valence-electron chi connectivity index (χ2n) is 3.83. The lowest BCUT2D eigenvalue weighted by atomic mass is 9.94. The highest BCUT2D eigenvalue weighted by atomic mass is 35.5. The minimum absolute atomic E-state index is 0.344. The topological polar surface area (TPSA) is 52.3 Å². The highest BCUT2D eigenvalue weighted by Crippen LogP contribution is 2.24. The van der Waals surface area contributed by atoms with Crippen molar-refractivity contribution in [2.45, 2.75) is 18.9 Å². The molecule has 1 aromatic rings. The summed E-state index contributed by atoms with van der Waals surface area (Å²) < 4.78 is 4.62. The first-order valence-electron chi connectivity index (χ1n) is 4.68. The van der Waals surface area contributed by atoms with Crippen molar-refractivity contribution in [1.82, 2.24) is 0 Å². The second kappa shape index (κ2) is 5.04. The van der Waals surface area contributed by atoms with Crippen molar-refractivity contribution >= 4 is 29.2 Å². The first kappa shape index (κ1) is 13.3. The smallest absolute Gasteiger partial charge is 0.325 e. The van der Waals surface area contributed by atoms with E-state index in [1.165, 1.54) is 7.11 Å². The van der Waals surface area contributed by atoms with Gasteiger partial charge in [-0.25, -0.2) is 0 Å². The minimum Gasteiger partial charge on any atom is -0.468 e. The zero-order valence-corrected chi connectivity index (χ0v) is 10.6. The molecule has 0 aromatic heterocycles. The number of halogens is 2. The molecule has 0 fully saturated rings. The van der Waals surface area contributed by atoms with Gasteiger partial charge >= 0.3 is 5.97 Å². The minimum atomic E-state index is -1.06. The van der Waals surface area contributed by atoms with Crippen molar-refractivity contribution in [3.63, 3.8) is 0 Å². The van der Waals surface area contributed by atoms with Gasteiger partial charge in [0.2, 0.25) is 0 Å². The van der Waals surface area contributed by atoms with Crippen LogP contribution in [-0.2, 0) is 16.0 Å². The Labute approximate surface area is 104 Å². The normalized spacial score (nSPS) is 14.3. The van der Waals surface area contributed by atoms with E-state index < -0.39 is 11.5 Å². The van der Waals surface area contributed by atoms with E-state index in [9.17, 15) is 4.79 Å². The number of nitrogens with two attached hydrogens (primary N) is 1. The number of hydrogen-bond acceptors (Lipinski definition) is 3. The number of rotatable bonds is 3. The Balaban J connectivity index is 2.88. The molecular weight excluding hydrogens is 249 g/mol. The summed E-state index contributed by atoms with van der Waals surface area (Å²) in [6.07, 6.45) is 0.344. The molecule has 2 N–H and O–H groups in total. The van der Waals surface area contributed by atoms with E-state index in [-0.39, 0.29) is 0 Å². The molecule has 16 heavy (non-hydrogen) atoms. The predicted molar refractivity (Wildman–Crippen MR) is 64.8 cm³/mol. The molecule has 0 bridgehead atoms. The maximum Gasteiger partial charge on any atom is 0.325 e. The van der Waals surface area contributed by atoms with Gasteiger partial charge in [-0.1, -0.05) is 29.3 Å². The van der Waals surface area contributed by atoms with E-state index in [0.29, 0.717) is 16.5 Å². The molecule has 88 valence electrons. The number of hydrogen-bond donors (Lipinski definition) is 1. The third-order valence-corrected chi connectivity index (χ3v) is 2.95. The lowest BCUT2D eigenvalue weighted by Crippen LogP contribution is -2.47. The van der Waals surface area contributed by atoms with Gasteiger partial charge in [0.15, 0.2) is 0 Å². The Bertz CT molecular complexity index is 405. The second-order valence-corrected chi connectivity index (χ2v) is 4.65. The summed E-state index contributed by atoms with van der Waals surface area (Å²) in [6, 6.07) is 5.15. The Morgan fingerprint density at radius 3 is 2.56 bits per heavy atom. The van der Waals surface area contributed by atoms with Crippen LogP contribution in [0.5, 0.6) is 0 Å². The Kier molecular flexibility index (Phi) is 4.19. The molecule has 3 nitrogen and oxygen atoms in total. The van der Waals surface area contributed by atoms with E-state index in [1.54, 1.807) is 25.1 Å². The largest absolute Gasteiger partial charge is 0.468 e. The molecule has 0 saturated carbocycles. The highest BCUT2D eigenvalue weighted by molar-refractivity contribution is 6.42. The fourth-order valence-corrected chi connectivity index (χ4v) is 1.70. The van der Waals surface area contributed by atoms with Crippen LogP contribution in [0.1, 0.15) is 12.5 Å². The fourth-order valence-electron chi connectivity index (χ4n) is 1.38. The van der Waals surface area contributed by atoms with Gasteiger partial charge in [0.05, 0.1) is 17.2 Å². The average Bonchev–Trinajstić information content (AvgIpc) is 2.22. The van der Waals surface area contributed by atoms with Crippen molar-refractivity contribution in [2.75, 3.05) is 7.11 Å². The van der Waals surface area contributed by atoms with Crippen molar-refractivity contribution < 1.29 is 9.53 Å². The van der Waals surface area contributed by atoms with Gasteiger partial charge in [-0.3, -0.25) is 4.79 Å². The number of methoxy groups -OCH3 is 1. The summed E-state index contributed by atoms with van der Waals surface area (Å²) in [5.41, 5.74) is 5.61. The molecule has 0 radical (unpaired) electrons. The molecule has 0 aliphatic carbocycles. The number of benzene rings is 1. The van der Waals surface area contributed by atoms with E-state index in [2.05, 4.69) is 4.74 Å². The fraction of sp³-hybridized carbons (Fsp3) is 0.364. The van der Waals surface area contributed by atoms with E-state index in [4.69, 9.17) is 28.9 Å². The van der Waals surface area contributed by atoms with Crippen LogP contribution in [0, 0.1) is 0 Å². The molecule has 0 amide bonds. The van der Waals surface area contributed by atoms with E-state index >= 15 is 0 Å². The molecule has 0 heterocycles. The van der Waals surface area contributed by atoms with Gasteiger partial charge in [-0.05, 0) is 24.6 Å². The standard InChI is InChI=1S/C11H13Cl2NO2/c1-11(14,10(15)16-2)6-7-3-4-8(12)9(13)5-7/h3-5H,6,14H2,1-2H3/t11-/m0/s1. The SMILES string of the molecule is COC(=O)[C@@](C)(N)Cc1ccc(Cl)c(Cl)c1. The van der Waals surface area contributed by atoms with Crippen LogP contribution in [0.3, 0.4) is 0 Å². The number of esters is 1. The zero-order valence-electron chi connectivity index (χ0n) is 9.09. The van der Waals surface area contributed by atoms with Crippen molar-refractivity contribution in [2.24, 2.45) is 5.73 Å². The molecule has 0 saturated heterocycles. The summed E-state index contributed by atoms with van der Waals surface area (Å²) in [5, 5.41) is 0.919. The van der Waals surface area contributed by atoms with Crippen molar-refractivity contribution in [3.05, 3.63) is 33.8 Å². The van der Waals surface area contributed by atoms with Crippen LogP contribution >= 0.6 is 23.2 Å². The molecular formula is C11H13Cl2NO2. The van der Waals surface area contributed by atoms with Gasteiger partial charge in [-0.15, -0.1) is 0 Å². The van der Waals surface area contributed by atoms with Gasteiger partial charge in [0, 0.05) is 6.42 Å². The number of ether oxygens (including phenoxy) is 1. The Morgan fingerprint density at radius 2 is 2.06 bits per heavy atom. The lowest BCUT2D eigenvalue weighted by molar-refractivity contribution is -0.146.